The van der Waals surface area contributed by atoms with E-state index in [-0.39, 0.29) is 50.0 Å². The van der Waals surface area contributed by atoms with Crippen LogP contribution in [0.25, 0.3) is 0 Å². The zero-order valence-electron chi connectivity index (χ0n) is 26.9. The van der Waals surface area contributed by atoms with Crippen LogP contribution in [0.4, 0.5) is 14.5 Å². The number of amides is 2. The molecule has 2 N–H and O–H groups in total. The van der Waals surface area contributed by atoms with Crippen LogP contribution < -0.4 is 25.0 Å². The Hall–Kier alpha value is -3.91. The SMILES string of the molecule is COc1ccccc1COCCCOc1ncc(N2C(=O)CNC[C@@H]2C(=O)N(Cc2cc(CCNCC(F)F)ccc2Cl)C2CC2)cn1. The van der Waals surface area contributed by atoms with E-state index >= 15 is 0 Å². The smallest absolute Gasteiger partial charge is 0.316 e. The molecule has 258 valence electrons. The number of alkyl halides is 2. The maximum absolute atomic E-state index is 14.1. The lowest BCUT2D eigenvalue weighted by molar-refractivity contribution is -0.136. The van der Waals surface area contributed by atoms with Crippen molar-refractivity contribution in [2.24, 2.45) is 0 Å². The lowest BCUT2D eigenvalue weighted by Gasteiger charge is -2.38. The van der Waals surface area contributed by atoms with E-state index in [0.717, 1.165) is 35.3 Å². The second-order valence-electron chi connectivity index (χ2n) is 11.7. The molecule has 2 fully saturated rings. The largest absolute Gasteiger partial charge is 0.496 e. The highest BCUT2D eigenvalue weighted by Gasteiger charge is 2.41. The highest BCUT2D eigenvalue weighted by molar-refractivity contribution is 6.31. The Bertz CT molecular complexity index is 1510. The fourth-order valence-electron chi connectivity index (χ4n) is 5.52. The molecule has 2 aliphatic rings. The molecule has 0 radical (unpaired) electrons. The van der Waals surface area contributed by atoms with Crippen LogP contribution in [0, 0.1) is 0 Å². The number of hydrogen-bond acceptors (Lipinski definition) is 9. The van der Waals surface area contributed by atoms with E-state index in [1.807, 2.05) is 36.4 Å². The highest BCUT2D eigenvalue weighted by atomic mass is 35.5. The summed E-state index contributed by atoms with van der Waals surface area (Å²) in [5.41, 5.74) is 3.06. The zero-order valence-corrected chi connectivity index (χ0v) is 27.6. The van der Waals surface area contributed by atoms with Gasteiger partial charge >= 0.3 is 6.01 Å². The summed E-state index contributed by atoms with van der Waals surface area (Å²) in [5.74, 6) is 0.309. The molecule has 1 atom stereocenters. The van der Waals surface area contributed by atoms with Crippen LogP contribution in [0.15, 0.2) is 54.9 Å². The fourth-order valence-corrected chi connectivity index (χ4v) is 5.70. The maximum atomic E-state index is 14.1. The van der Waals surface area contributed by atoms with Crippen molar-refractivity contribution in [3.8, 4) is 11.8 Å². The van der Waals surface area contributed by atoms with Gasteiger partial charge in [0.1, 0.15) is 11.8 Å². The average molecular weight is 687 g/mol. The average Bonchev–Trinajstić information content (AvgIpc) is 3.94. The molecule has 2 amide bonds. The van der Waals surface area contributed by atoms with Gasteiger partial charge in [-0.1, -0.05) is 41.9 Å². The molecule has 1 aliphatic carbocycles. The predicted molar refractivity (Wildman–Crippen MR) is 177 cm³/mol. The van der Waals surface area contributed by atoms with E-state index in [1.54, 1.807) is 18.1 Å². The molecule has 3 aromatic rings. The number of rotatable bonds is 18. The minimum atomic E-state index is -2.41. The van der Waals surface area contributed by atoms with Crippen LogP contribution in [0.2, 0.25) is 5.02 Å². The third kappa shape index (κ3) is 9.82. The van der Waals surface area contributed by atoms with Crippen molar-refractivity contribution >= 4 is 29.1 Å². The number of nitrogens with one attached hydrogen (secondary N) is 2. The van der Waals surface area contributed by atoms with Gasteiger partial charge in [0, 0.05) is 36.1 Å². The summed E-state index contributed by atoms with van der Waals surface area (Å²) < 4.78 is 41.7. The molecule has 14 heteroatoms. The topological polar surface area (TPSA) is 118 Å². The van der Waals surface area contributed by atoms with Gasteiger partial charge in [0.25, 0.3) is 6.43 Å². The number of halogens is 3. The van der Waals surface area contributed by atoms with E-state index in [0.29, 0.717) is 49.9 Å². The van der Waals surface area contributed by atoms with Crippen LogP contribution in [0.1, 0.15) is 36.0 Å². The Kier molecular flexibility index (Phi) is 12.9. The summed E-state index contributed by atoms with van der Waals surface area (Å²) in [5, 5.41) is 6.31. The summed E-state index contributed by atoms with van der Waals surface area (Å²) in [6, 6.07) is 12.6. The lowest BCUT2D eigenvalue weighted by Crippen LogP contribution is -2.61. The van der Waals surface area contributed by atoms with Crippen molar-refractivity contribution in [2.45, 2.75) is 57.3 Å². The number of carbonyl (C=O) groups is 2. The lowest BCUT2D eigenvalue weighted by atomic mass is 10.1. The predicted octanol–water partition coefficient (Wildman–Crippen LogP) is 4.02. The second kappa shape index (κ2) is 17.5. The second-order valence-corrected chi connectivity index (χ2v) is 12.1. The Balaban J connectivity index is 1.17. The number of aromatic nitrogens is 2. The van der Waals surface area contributed by atoms with Gasteiger partial charge in [-0.2, -0.15) is 0 Å². The van der Waals surface area contributed by atoms with Crippen LogP contribution in [-0.2, 0) is 33.9 Å². The van der Waals surface area contributed by atoms with Gasteiger partial charge in [-0.05, 0) is 49.1 Å². The monoisotopic (exact) mass is 686 g/mol. The first-order valence-electron chi connectivity index (χ1n) is 16.1. The van der Waals surface area contributed by atoms with Gasteiger partial charge < -0.3 is 29.7 Å². The molecule has 0 bridgehead atoms. The normalized spacial score (nSPS) is 16.3. The fraction of sp³-hybridized carbons (Fsp3) is 0.471. The minimum Gasteiger partial charge on any atom is -0.496 e. The van der Waals surface area contributed by atoms with Crippen molar-refractivity contribution in [3.05, 3.63) is 76.6 Å². The van der Waals surface area contributed by atoms with Gasteiger partial charge in [-0.15, -0.1) is 0 Å². The third-order valence-corrected chi connectivity index (χ3v) is 8.47. The summed E-state index contributed by atoms with van der Waals surface area (Å²) in [4.78, 5) is 39.1. The molecule has 1 saturated carbocycles. The van der Waals surface area contributed by atoms with Crippen molar-refractivity contribution in [3.63, 3.8) is 0 Å². The number of piperazine rings is 1. The van der Waals surface area contributed by atoms with Crippen LogP contribution in [0.5, 0.6) is 11.8 Å². The summed E-state index contributed by atoms with van der Waals surface area (Å²) in [6.07, 6.45) is 3.45. The molecular weight excluding hydrogens is 646 g/mol. The first-order chi connectivity index (χ1) is 23.3. The van der Waals surface area contributed by atoms with Crippen molar-refractivity contribution in [2.75, 3.05) is 51.4 Å². The van der Waals surface area contributed by atoms with E-state index in [1.165, 1.54) is 17.3 Å². The third-order valence-electron chi connectivity index (χ3n) is 8.10. The number of carbonyl (C=O) groups excluding carboxylic acids is 2. The van der Waals surface area contributed by atoms with Gasteiger partial charge in [-0.25, -0.2) is 18.7 Å². The molecule has 2 heterocycles. The van der Waals surface area contributed by atoms with Crippen LogP contribution >= 0.6 is 11.6 Å². The Morgan fingerprint density at radius 2 is 1.94 bits per heavy atom. The number of benzene rings is 2. The molecule has 11 nitrogen and oxygen atoms in total. The quantitative estimate of drug-likeness (QED) is 0.191. The van der Waals surface area contributed by atoms with Crippen LogP contribution in [-0.4, -0.2) is 91.7 Å². The van der Waals surface area contributed by atoms with E-state index < -0.39 is 12.5 Å². The van der Waals surface area contributed by atoms with Gasteiger partial charge in [0.2, 0.25) is 11.8 Å². The number of ether oxygens (including phenoxy) is 3. The Morgan fingerprint density at radius 3 is 2.69 bits per heavy atom. The number of methoxy groups -OCH3 is 1. The Labute approximate surface area is 283 Å². The first kappa shape index (κ1) is 35.4. The zero-order chi connectivity index (χ0) is 33.9. The molecule has 0 spiro atoms. The van der Waals surface area contributed by atoms with Gasteiger partial charge in [0.15, 0.2) is 0 Å². The molecular formula is C34H41ClF2N6O5. The summed E-state index contributed by atoms with van der Waals surface area (Å²) in [6.45, 7) is 1.88. The molecule has 1 aromatic heterocycles. The van der Waals surface area contributed by atoms with E-state index in [2.05, 4.69) is 20.6 Å². The van der Waals surface area contributed by atoms with Gasteiger partial charge in [0.05, 0.1) is 58.1 Å². The summed E-state index contributed by atoms with van der Waals surface area (Å²) >= 11 is 6.55. The maximum Gasteiger partial charge on any atom is 0.316 e. The van der Waals surface area contributed by atoms with E-state index in [9.17, 15) is 18.4 Å². The highest BCUT2D eigenvalue weighted by Crippen LogP contribution is 2.32. The van der Waals surface area contributed by atoms with Crippen molar-refractivity contribution in [1.29, 1.82) is 0 Å². The number of anilines is 1. The number of hydrogen-bond donors (Lipinski definition) is 2. The molecule has 48 heavy (non-hydrogen) atoms. The molecule has 2 aromatic carbocycles. The van der Waals surface area contributed by atoms with Crippen molar-refractivity contribution < 1.29 is 32.6 Å². The van der Waals surface area contributed by atoms with Gasteiger partial charge in [-0.3, -0.25) is 14.5 Å². The molecule has 5 rings (SSSR count). The molecule has 1 aliphatic heterocycles. The van der Waals surface area contributed by atoms with Crippen molar-refractivity contribution in [1.82, 2.24) is 25.5 Å². The number of nitrogens with zero attached hydrogens (tertiary/aromatic N) is 4. The standard InChI is InChI=1S/C34H41ClF2N6O5/c1-46-30-6-3-2-5-24(30)22-47-13-4-14-48-34-40-16-27(17-41-34)43-29(18-39-20-32(43)44)33(45)42(26-8-9-26)21-25-15-23(7-10-28(25)35)11-12-38-19-31(36)37/h2-3,5-7,10,15-17,26,29,31,38-39H,4,8-9,11-14,18-22H2,1H3/t29-/m1/s1. The molecule has 1 saturated heterocycles. The van der Waals surface area contributed by atoms with Crippen LogP contribution in [0.3, 0.4) is 0 Å². The Morgan fingerprint density at radius 1 is 1.15 bits per heavy atom. The summed E-state index contributed by atoms with van der Waals surface area (Å²) in [7, 11) is 1.63. The molecule has 0 unspecified atom stereocenters. The van der Waals surface area contributed by atoms with E-state index in [4.69, 9.17) is 25.8 Å². The first-order valence-corrected chi connectivity index (χ1v) is 16.5. The number of para-hydroxylation sites is 1. The minimum absolute atomic E-state index is 0.0366.